The number of hydrogen-bond donors (Lipinski definition) is 0. The fourth-order valence-electron chi connectivity index (χ4n) is 1.97. The summed E-state index contributed by atoms with van der Waals surface area (Å²) in [5.41, 5.74) is 1.80. The number of benzene rings is 2. The van der Waals surface area contributed by atoms with Gasteiger partial charge in [0, 0.05) is 14.3 Å². The molecule has 2 aromatic carbocycles. The van der Waals surface area contributed by atoms with E-state index in [1.165, 1.54) is 0 Å². The molecule has 0 spiro atoms. The van der Waals surface area contributed by atoms with Gasteiger partial charge in [-0.2, -0.15) is 0 Å². The zero-order chi connectivity index (χ0) is 15.7. The molecular formula is C16H8Br4O2. The zero-order valence-corrected chi connectivity index (χ0v) is 17.3. The van der Waals surface area contributed by atoms with Crippen LogP contribution in [-0.4, -0.2) is 0 Å². The van der Waals surface area contributed by atoms with Gasteiger partial charge in [0.15, 0.2) is 4.67 Å². The second-order valence-corrected chi connectivity index (χ2v) is 7.54. The molecule has 0 aliphatic carbocycles. The molecule has 0 radical (unpaired) electrons. The summed E-state index contributed by atoms with van der Waals surface area (Å²) >= 11 is 13.7. The third-order valence-corrected chi connectivity index (χ3v) is 6.87. The predicted molar refractivity (Wildman–Crippen MR) is 103 cm³/mol. The first-order chi connectivity index (χ1) is 10.6. The minimum Gasteiger partial charge on any atom is -0.464 e. The molecule has 0 fully saturated rings. The van der Waals surface area contributed by atoms with Crippen molar-refractivity contribution in [3.05, 3.63) is 66.8 Å². The summed E-state index contributed by atoms with van der Waals surface area (Å²) in [6.07, 6.45) is 1.70. The van der Waals surface area contributed by atoms with Gasteiger partial charge in [-0.1, -0.05) is 18.2 Å². The summed E-state index contributed by atoms with van der Waals surface area (Å²) in [5, 5.41) is 2.19. The first-order valence-electron chi connectivity index (χ1n) is 6.21. The van der Waals surface area contributed by atoms with Crippen molar-refractivity contribution in [1.29, 1.82) is 0 Å². The van der Waals surface area contributed by atoms with E-state index in [-0.39, 0.29) is 0 Å². The van der Waals surface area contributed by atoms with Gasteiger partial charge >= 0.3 is 0 Å². The van der Waals surface area contributed by atoms with Gasteiger partial charge in [-0.25, -0.2) is 0 Å². The molecule has 0 saturated heterocycles. The standard InChI is InChI=1S/C8H2Br4O.C8H6O/c9-3-1-2-4-5(6(3)10)7(11)8(12)13-4;1-2-4-8-7(3-1)5-6-9-8/h1-2H;1-6H. The van der Waals surface area contributed by atoms with Crippen LogP contribution in [0.1, 0.15) is 0 Å². The molecule has 0 bridgehead atoms. The molecule has 6 heteroatoms. The van der Waals surface area contributed by atoms with E-state index >= 15 is 0 Å². The average molecular weight is 552 g/mol. The molecule has 0 amide bonds. The van der Waals surface area contributed by atoms with Crippen LogP contribution < -0.4 is 0 Å². The van der Waals surface area contributed by atoms with Gasteiger partial charge in [0.25, 0.3) is 0 Å². The lowest BCUT2D eigenvalue weighted by molar-refractivity contribution is 0.585. The van der Waals surface area contributed by atoms with Crippen molar-refractivity contribution in [3.63, 3.8) is 0 Å². The third kappa shape index (κ3) is 3.20. The van der Waals surface area contributed by atoms with Crippen LogP contribution in [0, 0.1) is 0 Å². The molecule has 22 heavy (non-hydrogen) atoms. The number of rotatable bonds is 0. The Morgan fingerprint density at radius 3 is 2.27 bits per heavy atom. The molecule has 112 valence electrons. The fourth-order valence-corrected chi connectivity index (χ4v) is 3.94. The lowest BCUT2D eigenvalue weighted by Crippen LogP contribution is -1.71. The van der Waals surface area contributed by atoms with E-state index in [1.54, 1.807) is 6.26 Å². The Morgan fingerprint density at radius 1 is 0.727 bits per heavy atom. The van der Waals surface area contributed by atoms with Gasteiger partial charge in [0.1, 0.15) is 11.2 Å². The molecule has 4 aromatic rings. The SMILES string of the molecule is Brc1ccc2oc(Br)c(Br)c2c1Br.c1ccc2occc2c1. The summed E-state index contributed by atoms with van der Waals surface area (Å²) in [7, 11) is 0. The van der Waals surface area contributed by atoms with E-state index in [1.807, 2.05) is 42.5 Å². The van der Waals surface area contributed by atoms with E-state index in [4.69, 9.17) is 8.83 Å². The Morgan fingerprint density at radius 2 is 1.50 bits per heavy atom. The molecular weight excluding hydrogens is 544 g/mol. The Balaban J connectivity index is 0.000000139. The molecule has 0 unspecified atom stereocenters. The first kappa shape index (κ1) is 16.3. The lowest BCUT2D eigenvalue weighted by Gasteiger charge is -1.96. The quantitative estimate of drug-likeness (QED) is 0.222. The van der Waals surface area contributed by atoms with Crippen LogP contribution in [0.15, 0.2) is 75.6 Å². The van der Waals surface area contributed by atoms with Gasteiger partial charge in [-0.3, -0.25) is 0 Å². The van der Waals surface area contributed by atoms with Crippen LogP contribution in [0.25, 0.3) is 21.9 Å². The highest BCUT2D eigenvalue weighted by atomic mass is 79.9. The van der Waals surface area contributed by atoms with Crippen molar-refractivity contribution in [2.75, 3.05) is 0 Å². The average Bonchev–Trinajstić information content (AvgIpc) is 3.10. The Kier molecular flexibility index (Phi) is 5.12. The molecule has 2 heterocycles. The second-order valence-electron chi connectivity index (χ2n) is 4.38. The van der Waals surface area contributed by atoms with Crippen molar-refractivity contribution < 1.29 is 8.83 Å². The van der Waals surface area contributed by atoms with Crippen LogP contribution in [0.2, 0.25) is 0 Å². The number of halogens is 4. The van der Waals surface area contributed by atoms with Gasteiger partial charge in [-0.05, 0) is 88.0 Å². The smallest absolute Gasteiger partial charge is 0.184 e. The molecule has 0 N–H and O–H groups in total. The normalized spacial score (nSPS) is 10.7. The van der Waals surface area contributed by atoms with E-state index in [9.17, 15) is 0 Å². The van der Waals surface area contributed by atoms with Crippen molar-refractivity contribution >= 4 is 85.7 Å². The summed E-state index contributed by atoms with van der Waals surface area (Å²) in [6.45, 7) is 0. The monoisotopic (exact) mass is 548 g/mol. The largest absolute Gasteiger partial charge is 0.464 e. The zero-order valence-electron chi connectivity index (χ0n) is 10.9. The summed E-state index contributed by atoms with van der Waals surface area (Å²) in [6, 6.07) is 13.8. The number of furan rings is 2. The van der Waals surface area contributed by atoms with Gasteiger partial charge < -0.3 is 8.83 Å². The Hall–Kier alpha value is -0.560. The van der Waals surface area contributed by atoms with Gasteiger partial charge in [-0.15, -0.1) is 0 Å². The van der Waals surface area contributed by atoms with Crippen LogP contribution >= 0.6 is 63.7 Å². The first-order valence-corrected chi connectivity index (χ1v) is 9.39. The van der Waals surface area contributed by atoms with Crippen molar-refractivity contribution in [3.8, 4) is 0 Å². The van der Waals surface area contributed by atoms with E-state index in [2.05, 4.69) is 63.7 Å². The Bertz CT molecular complexity index is 910. The highest BCUT2D eigenvalue weighted by Gasteiger charge is 2.13. The van der Waals surface area contributed by atoms with Crippen molar-refractivity contribution in [2.24, 2.45) is 0 Å². The van der Waals surface area contributed by atoms with Crippen LogP contribution in [0.5, 0.6) is 0 Å². The molecule has 0 aliphatic heterocycles. The summed E-state index contributed by atoms with van der Waals surface area (Å²) in [4.78, 5) is 0. The molecule has 0 saturated carbocycles. The number of hydrogen-bond acceptors (Lipinski definition) is 2. The highest BCUT2D eigenvalue weighted by Crippen LogP contribution is 2.41. The summed E-state index contributed by atoms with van der Waals surface area (Å²) < 4.78 is 14.2. The molecule has 2 nitrogen and oxygen atoms in total. The van der Waals surface area contributed by atoms with Crippen LogP contribution in [0.3, 0.4) is 0 Å². The highest BCUT2D eigenvalue weighted by molar-refractivity contribution is 9.13. The van der Waals surface area contributed by atoms with Gasteiger partial charge in [0.05, 0.1) is 16.1 Å². The summed E-state index contributed by atoms with van der Waals surface area (Å²) in [5.74, 6) is 0. The van der Waals surface area contributed by atoms with Crippen LogP contribution in [0.4, 0.5) is 0 Å². The Labute approximate surface area is 160 Å². The second kappa shape index (κ2) is 6.91. The van der Waals surface area contributed by atoms with Crippen molar-refractivity contribution in [2.45, 2.75) is 0 Å². The fraction of sp³-hybridized carbons (Fsp3) is 0. The van der Waals surface area contributed by atoms with Gasteiger partial charge in [0.2, 0.25) is 0 Å². The van der Waals surface area contributed by atoms with Crippen LogP contribution in [-0.2, 0) is 0 Å². The van der Waals surface area contributed by atoms with E-state index < -0.39 is 0 Å². The van der Waals surface area contributed by atoms with E-state index in [0.717, 1.165) is 35.4 Å². The maximum Gasteiger partial charge on any atom is 0.184 e. The maximum absolute atomic E-state index is 5.45. The molecule has 0 atom stereocenters. The number of para-hydroxylation sites is 1. The van der Waals surface area contributed by atoms with E-state index in [0.29, 0.717) is 4.67 Å². The topological polar surface area (TPSA) is 26.3 Å². The van der Waals surface area contributed by atoms with Crippen molar-refractivity contribution in [1.82, 2.24) is 0 Å². The third-order valence-electron chi connectivity index (χ3n) is 3.01. The molecule has 4 rings (SSSR count). The molecule has 2 aromatic heterocycles. The maximum atomic E-state index is 5.45. The number of fused-ring (bicyclic) bond motifs is 2. The molecule has 0 aliphatic rings. The minimum absolute atomic E-state index is 0.710. The minimum atomic E-state index is 0.710. The predicted octanol–water partition coefficient (Wildman–Crippen LogP) is 7.92. The lowest BCUT2D eigenvalue weighted by atomic mass is 10.3.